The van der Waals surface area contributed by atoms with Gasteiger partial charge in [0.05, 0.1) is 11.6 Å². The zero-order valence-electron chi connectivity index (χ0n) is 19.1. The van der Waals surface area contributed by atoms with Gasteiger partial charge in [0.1, 0.15) is 0 Å². The molecule has 1 heterocycles. The summed E-state index contributed by atoms with van der Waals surface area (Å²) in [5, 5.41) is 9.19. The van der Waals surface area contributed by atoms with Crippen LogP contribution in [0, 0.1) is 18.3 Å². The number of aryl methyl sites for hydroxylation is 2. The number of hydrogen-bond donors (Lipinski definition) is 0. The molecule has 1 spiro atoms. The van der Waals surface area contributed by atoms with E-state index in [2.05, 4.69) is 56.1 Å². The molecule has 4 nitrogen and oxygen atoms in total. The maximum atomic E-state index is 13.3. The van der Waals surface area contributed by atoms with E-state index in [0.29, 0.717) is 0 Å². The highest BCUT2D eigenvalue weighted by atomic mass is 16.2. The van der Waals surface area contributed by atoms with E-state index in [4.69, 9.17) is 0 Å². The molecule has 1 fully saturated rings. The first-order valence-corrected chi connectivity index (χ1v) is 11.6. The predicted molar refractivity (Wildman–Crippen MR) is 126 cm³/mol. The third kappa shape index (κ3) is 4.06. The number of piperidine rings is 1. The molecule has 0 unspecified atom stereocenters. The van der Waals surface area contributed by atoms with Crippen molar-refractivity contribution in [3.05, 3.63) is 64.2 Å². The van der Waals surface area contributed by atoms with Crippen LogP contribution in [0.1, 0.15) is 71.6 Å². The van der Waals surface area contributed by atoms with E-state index in [1.54, 1.807) is 0 Å². The van der Waals surface area contributed by atoms with Crippen molar-refractivity contribution in [2.24, 2.45) is 0 Å². The Labute approximate surface area is 186 Å². The number of carbonyl (C=O) groups is 1. The lowest BCUT2D eigenvalue weighted by Crippen LogP contribution is -2.44. The Balaban J connectivity index is 1.47. The molecule has 1 saturated heterocycles. The molecular formula is C27H33N3O. The van der Waals surface area contributed by atoms with Crippen molar-refractivity contribution in [1.29, 1.82) is 5.26 Å². The number of anilines is 1. The van der Waals surface area contributed by atoms with Gasteiger partial charge in [-0.1, -0.05) is 25.5 Å². The van der Waals surface area contributed by atoms with E-state index in [1.165, 1.54) is 23.1 Å². The highest BCUT2D eigenvalue weighted by molar-refractivity contribution is 5.95. The number of carbonyl (C=O) groups excluding carboxylic acids is 1. The fraction of sp³-hybridized carbons (Fsp3) is 0.481. The molecule has 31 heavy (non-hydrogen) atoms. The second kappa shape index (κ2) is 8.75. The van der Waals surface area contributed by atoms with Crippen LogP contribution in [0.2, 0.25) is 0 Å². The van der Waals surface area contributed by atoms with E-state index in [1.807, 2.05) is 17.0 Å². The van der Waals surface area contributed by atoms with Gasteiger partial charge in [0.2, 0.25) is 0 Å². The largest absolute Gasteiger partial charge is 0.374 e. The van der Waals surface area contributed by atoms with E-state index < -0.39 is 0 Å². The monoisotopic (exact) mass is 415 g/mol. The lowest BCUT2D eigenvalue weighted by molar-refractivity contribution is 0.0666. The van der Waals surface area contributed by atoms with E-state index >= 15 is 0 Å². The number of nitriles is 1. The van der Waals surface area contributed by atoms with Crippen molar-refractivity contribution in [2.45, 2.75) is 57.8 Å². The van der Waals surface area contributed by atoms with Crippen LogP contribution in [0.4, 0.5) is 5.69 Å². The quantitative estimate of drug-likeness (QED) is 0.672. The Hall–Kier alpha value is -2.80. The predicted octanol–water partition coefficient (Wildman–Crippen LogP) is 5.22. The lowest BCUT2D eigenvalue weighted by Gasteiger charge is -2.40. The normalized spacial score (nSPS) is 16.8. The number of unbranched alkanes of at least 4 members (excludes halogenated alkanes) is 1. The number of benzene rings is 2. The number of rotatable bonds is 5. The molecule has 0 aromatic heterocycles. The van der Waals surface area contributed by atoms with Crippen LogP contribution in [-0.4, -0.2) is 37.5 Å². The van der Waals surface area contributed by atoms with Gasteiger partial charge in [-0.15, -0.1) is 0 Å². The summed E-state index contributed by atoms with van der Waals surface area (Å²) in [6.45, 7) is 6.93. The number of hydrogen-bond acceptors (Lipinski definition) is 3. The summed E-state index contributed by atoms with van der Waals surface area (Å²) >= 11 is 0. The maximum absolute atomic E-state index is 13.3. The Morgan fingerprint density at radius 2 is 1.94 bits per heavy atom. The summed E-state index contributed by atoms with van der Waals surface area (Å²) in [4.78, 5) is 17.6. The Bertz CT molecular complexity index is 1010. The van der Waals surface area contributed by atoms with Crippen molar-refractivity contribution in [3.63, 3.8) is 0 Å². The summed E-state index contributed by atoms with van der Waals surface area (Å²) < 4.78 is 0. The molecule has 0 N–H and O–H groups in total. The average molecular weight is 416 g/mol. The summed E-state index contributed by atoms with van der Waals surface area (Å²) in [7, 11) is 2.12. The van der Waals surface area contributed by atoms with Gasteiger partial charge in [-0.05, 0) is 85.4 Å². The van der Waals surface area contributed by atoms with Crippen LogP contribution in [-0.2, 0) is 11.8 Å². The number of nitrogens with zero attached hydrogens (tertiary/aromatic N) is 3. The van der Waals surface area contributed by atoms with Crippen molar-refractivity contribution < 1.29 is 4.79 Å². The van der Waals surface area contributed by atoms with Gasteiger partial charge in [-0.25, -0.2) is 0 Å². The minimum absolute atomic E-state index is 0.151. The van der Waals surface area contributed by atoms with Crippen molar-refractivity contribution >= 4 is 11.6 Å². The summed E-state index contributed by atoms with van der Waals surface area (Å²) in [6.07, 6.45) is 6.51. The van der Waals surface area contributed by atoms with Crippen LogP contribution >= 0.6 is 0 Å². The molecule has 0 atom stereocenters. The van der Waals surface area contributed by atoms with E-state index in [-0.39, 0.29) is 11.3 Å². The molecule has 4 heteroatoms. The summed E-state index contributed by atoms with van der Waals surface area (Å²) in [6, 6.07) is 14.6. The SMILES string of the molecule is CCCCN(C)c1cc(C(=O)N2CCC3(CCc4cc(C#N)ccc43)CC2)ccc1C. The maximum Gasteiger partial charge on any atom is 0.253 e. The number of fused-ring (bicyclic) bond motifs is 2. The van der Waals surface area contributed by atoms with Crippen molar-refractivity contribution in [3.8, 4) is 6.07 Å². The van der Waals surface area contributed by atoms with Crippen LogP contribution in [0.5, 0.6) is 0 Å². The smallest absolute Gasteiger partial charge is 0.253 e. The van der Waals surface area contributed by atoms with E-state index in [9.17, 15) is 10.1 Å². The minimum Gasteiger partial charge on any atom is -0.374 e. The number of likely N-dealkylation sites (tertiary alicyclic amines) is 1. The highest BCUT2D eigenvalue weighted by Gasteiger charge is 2.42. The van der Waals surface area contributed by atoms with Crippen LogP contribution in [0.3, 0.4) is 0 Å². The molecule has 162 valence electrons. The Morgan fingerprint density at radius 3 is 2.65 bits per heavy atom. The van der Waals surface area contributed by atoms with E-state index in [0.717, 1.165) is 68.6 Å². The van der Waals surface area contributed by atoms with Gasteiger partial charge < -0.3 is 9.80 Å². The first-order valence-electron chi connectivity index (χ1n) is 11.6. The van der Waals surface area contributed by atoms with Gasteiger partial charge in [-0.2, -0.15) is 5.26 Å². The standard InChI is InChI=1S/C27H33N3O/c1-4-5-14-29(3)25-18-23(8-6-20(25)2)26(31)30-15-12-27(13-16-30)11-10-22-17-21(19-28)7-9-24(22)27/h6-9,17-18H,4-5,10-16H2,1-3H3. The van der Waals surface area contributed by atoms with Crippen LogP contribution < -0.4 is 4.90 Å². The molecule has 2 aromatic carbocycles. The third-order valence-electron chi connectivity index (χ3n) is 7.40. The molecular weight excluding hydrogens is 382 g/mol. The minimum atomic E-state index is 0.151. The Morgan fingerprint density at radius 1 is 1.16 bits per heavy atom. The zero-order valence-corrected chi connectivity index (χ0v) is 19.1. The van der Waals surface area contributed by atoms with Gasteiger partial charge in [0.15, 0.2) is 0 Å². The van der Waals surface area contributed by atoms with Gasteiger partial charge >= 0.3 is 0 Å². The van der Waals surface area contributed by atoms with Crippen molar-refractivity contribution in [2.75, 3.05) is 31.6 Å². The second-order valence-electron chi connectivity index (χ2n) is 9.33. The van der Waals surface area contributed by atoms with Gasteiger partial charge in [0.25, 0.3) is 5.91 Å². The zero-order chi connectivity index (χ0) is 22.0. The second-order valence-corrected chi connectivity index (χ2v) is 9.33. The third-order valence-corrected chi connectivity index (χ3v) is 7.40. The molecule has 1 aliphatic heterocycles. The topological polar surface area (TPSA) is 47.3 Å². The molecule has 1 amide bonds. The average Bonchev–Trinajstić information content (AvgIpc) is 3.15. The van der Waals surface area contributed by atoms with Gasteiger partial charge in [-0.3, -0.25) is 4.79 Å². The summed E-state index contributed by atoms with van der Waals surface area (Å²) in [5.41, 5.74) is 6.84. The number of amides is 1. The van der Waals surface area contributed by atoms with Crippen LogP contribution in [0.25, 0.3) is 0 Å². The molecule has 0 saturated carbocycles. The molecule has 1 aliphatic carbocycles. The molecule has 0 bridgehead atoms. The molecule has 0 radical (unpaired) electrons. The van der Waals surface area contributed by atoms with Crippen LogP contribution in [0.15, 0.2) is 36.4 Å². The molecule has 4 rings (SSSR count). The fourth-order valence-corrected chi connectivity index (χ4v) is 5.41. The van der Waals surface area contributed by atoms with Crippen molar-refractivity contribution in [1.82, 2.24) is 4.90 Å². The highest BCUT2D eigenvalue weighted by Crippen LogP contribution is 2.46. The first kappa shape index (κ1) is 21.4. The Kier molecular flexibility index (Phi) is 6.05. The van der Waals surface area contributed by atoms with Gasteiger partial charge in [0, 0.05) is 37.9 Å². The first-order chi connectivity index (χ1) is 15.0. The lowest BCUT2D eigenvalue weighted by atomic mass is 9.73. The fourth-order valence-electron chi connectivity index (χ4n) is 5.41. The molecule has 2 aliphatic rings. The summed E-state index contributed by atoms with van der Waals surface area (Å²) in [5.74, 6) is 0.151. The molecule has 2 aromatic rings.